The van der Waals surface area contributed by atoms with Crippen LogP contribution in [0, 0.1) is 0 Å². The Bertz CT molecular complexity index is 604. The highest BCUT2D eigenvalue weighted by atomic mass is 16.5. The number of benzene rings is 1. The van der Waals surface area contributed by atoms with Crippen LogP contribution >= 0.6 is 0 Å². The molecule has 7 heteroatoms. The second-order valence-corrected chi connectivity index (χ2v) is 4.73. The third kappa shape index (κ3) is 5.82. The summed E-state index contributed by atoms with van der Waals surface area (Å²) in [5.41, 5.74) is 0.782. The van der Waals surface area contributed by atoms with E-state index in [1.54, 1.807) is 38.1 Å². The van der Waals surface area contributed by atoms with E-state index in [1.807, 2.05) is 0 Å². The lowest BCUT2D eigenvalue weighted by atomic mass is 10.2. The van der Waals surface area contributed by atoms with Crippen molar-refractivity contribution in [1.82, 2.24) is 0 Å². The van der Waals surface area contributed by atoms with Crippen LogP contribution in [-0.2, 0) is 23.8 Å². The molecular formula is C16H19NO6. The number of methoxy groups -OCH3 is 2. The Kier molecular flexibility index (Phi) is 6.79. The van der Waals surface area contributed by atoms with Gasteiger partial charge in [0.05, 0.1) is 32.0 Å². The first kappa shape index (κ1) is 18.2. The molecule has 0 aliphatic rings. The zero-order valence-corrected chi connectivity index (χ0v) is 13.4. The van der Waals surface area contributed by atoms with Gasteiger partial charge in [0.1, 0.15) is 5.70 Å². The fourth-order valence-electron chi connectivity index (χ4n) is 1.56. The fourth-order valence-corrected chi connectivity index (χ4v) is 1.56. The molecule has 1 aromatic carbocycles. The first-order valence-electron chi connectivity index (χ1n) is 6.83. The van der Waals surface area contributed by atoms with Gasteiger partial charge in [-0.15, -0.1) is 0 Å². The fraction of sp³-hybridized carbons (Fsp3) is 0.312. The van der Waals surface area contributed by atoms with Crippen LogP contribution in [0.3, 0.4) is 0 Å². The zero-order chi connectivity index (χ0) is 17.4. The third-order valence-electron chi connectivity index (χ3n) is 2.61. The lowest BCUT2D eigenvalue weighted by Crippen LogP contribution is -2.15. The monoisotopic (exact) mass is 321 g/mol. The maximum Gasteiger partial charge on any atom is 0.354 e. The Morgan fingerprint density at radius 1 is 1.04 bits per heavy atom. The van der Waals surface area contributed by atoms with Crippen LogP contribution in [0.15, 0.2) is 36.0 Å². The molecule has 1 aromatic rings. The molecule has 0 fully saturated rings. The van der Waals surface area contributed by atoms with E-state index in [0.29, 0.717) is 11.3 Å². The molecular weight excluding hydrogens is 302 g/mol. The summed E-state index contributed by atoms with van der Waals surface area (Å²) < 4.78 is 14.1. The van der Waals surface area contributed by atoms with Gasteiger partial charge in [0.2, 0.25) is 0 Å². The summed E-state index contributed by atoms with van der Waals surface area (Å²) >= 11 is 0. The molecule has 0 aromatic heterocycles. The second-order valence-electron chi connectivity index (χ2n) is 4.73. The standard InChI is InChI=1S/C16H19NO6/c1-10(2)23-15(19)11-5-7-12(8-6-11)17-13(16(20)22-4)9-14(18)21-3/h5-10,17H,1-4H3/b13-9+. The number of hydrogen-bond donors (Lipinski definition) is 1. The summed E-state index contributed by atoms with van der Waals surface area (Å²) in [4.78, 5) is 34.6. The summed E-state index contributed by atoms with van der Waals surface area (Å²) in [5, 5.41) is 2.74. The molecule has 7 nitrogen and oxygen atoms in total. The SMILES string of the molecule is COC(=O)/C=C(/Nc1ccc(C(=O)OC(C)C)cc1)C(=O)OC. The largest absolute Gasteiger partial charge is 0.466 e. The van der Waals surface area contributed by atoms with E-state index in [-0.39, 0.29) is 11.8 Å². The Balaban J connectivity index is 2.90. The Morgan fingerprint density at radius 3 is 2.13 bits per heavy atom. The number of carbonyl (C=O) groups is 3. The van der Waals surface area contributed by atoms with Gasteiger partial charge in [-0.1, -0.05) is 0 Å². The summed E-state index contributed by atoms with van der Waals surface area (Å²) in [5.74, 6) is -1.86. The molecule has 0 bridgehead atoms. The molecule has 0 amide bonds. The predicted molar refractivity (Wildman–Crippen MR) is 82.7 cm³/mol. The van der Waals surface area contributed by atoms with Gasteiger partial charge in [-0.2, -0.15) is 0 Å². The topological polar surface area (TPSA) is 90.9 Å². The van der Waals surface area contributed by atoms with E-state index >= 15 is 0 Å². The minimum atomic E-state index is -0.723. The maximum atomic E-state index is 11.7. The minimum Gasteiger partial charge on any atom is -0.466 e. The van der Waals surface area contributed by atoms with Gasteiger partial charge in [-0.25, -0.2) is 14.4 Å². The van der Waals surface area contributed by atoms with Gasteiger partial charge in [0, 0.05) is 5.69 Å². The first-order valence-corrected chi connectivity index (χ1v) is 6.83. The molecule has 0 saturated carbocycles. The van der Waals surface area contributed by atoms with Gasteiger partial charge in [-0.3, -0.25) is 0 Å². The number of nitrogens with one attached hydrogen (secondary N) is 1. The normalized spacial score (nSPS) is 10.9. The number of hydrogen-bond acceptors (Lipinski definition) is 7. The average Bonchev–Trinajstić information content (AvgIpc) is 2.53. The molecule has 0 spiro atoms. The summed E-state index contributed by atoms with van der Waals surface area (Å²) in [6, 6.07) is 6.23. The van der Waals surface area contributed by atoms with E-state index in [4.69, 9.17) is 4.74 Å². The number of carbonyl (C=O) groups excluding carboxylic acids is 3. The van der Waals surface area contributed by atoms with E-state index < -0.39 is 17.9 Å². The zero-order valence-electron chi connectivity index (χ0n) is 13.4. The molecule has 0 atom stereocenters. The number of rotatable bonds is 6. The molecule has 1 N–H and O–H groups in total. The minimum absolute atomic E-state index is 0.0862. The molecule has 0 heterocycles. The third-order valence-corrected chi connectivity index (χ3v) is 2.61. The highest BCUT2D eigenvalue weighted by molar-refractivity contribution is 5.98. The van der Waals surface area contributed by atoms with Crippen molar-refractivity contribution in [2.45, 2.75) is 20.0 Å². The summed E-state index contributed by atoms with van der Waals surface area (Å²) in [7, 11) is 2.39. The van der Waals surface area contributed by atoms with E-state index in [2.05, 4.69) is 14.8 Å². The number of anilines is 1. The van der Waals surface area contributed by atoms with Gasteiger partial charge in [0.25, 0.3) is 0 Å². The van der Waals surface area contributed by atoms with Crippen molar-refractivity contribution in [2.75, 3.05) is 19.5 Å². The van der Waals surface area contributed by atoms with E-state index in [0.717, 1.165) is 6.08 Å². The molecule has 1 rings (SSSR count). The smallest absolute Gasteiger partial charge is 0.354 e. The molecule has 0 aliphatic heterocycles. The molecule has 0 aliphatic carbocycles. The van der Waals surface area contributed by atoms with Crippen molar-refractivity contribution in [3.05, 3.63) is 41.6 Å². The number of ether oxygens (including phenoxy) is 3. The quantitative estimate of drug-likeness (QED) is 0.486. The average molecular weight is 321 g/mol. The van der Waals surface area contributed by atoms with E-state index in [9.17, 15) is 14.4 Å². The number of esters is 3. The lowest BCUT2D eigenvalue weighted by Gasteiger charge is -2.10. The van der Waals surface area contributed by atoms with Crippen LogP contribution in [0.5, 0.6) is 0 Å². The van der Waals surface area contributed by atoms with Crippen LogP contribution < -0.4 is 5.32 Å². The molecule has 0 radical (unpaired) electrons. The summed E-state index contributed by atoms with van der Waals surface area (Å²) in [6.45, 7) is 3.52. The second kappa shape index (κ2) is 8.57. The van der Waals surface area contributed by atoms with Gasteiger partial charge in [0.15, 0.2) is 0 Å². The Morgan fingerprint density at radius 2 is 1.65 bits per heavy atom. The maximum absolute atomic E-state index is 11.7. The van der Waals surface area contributed by atoms with Gasteiger partial charge >= 0.3 is 17.9 Å². The molecule has 0 saturated heterocycles. The van der Waals surface area contributed by atoms with Crippen molar-refractivity contribution in [3.63, 3.8) is 0 Å². The van der Waals surface area contributed by atoms with Crippen molar-refractivity contribution in [3.8, 4) is 0 Å². The molecule has 0 unspecified atom stereocenters. The van der Waals surface area contributed by atoms with Crippen LogP contribution in [0.25, 0.3) is 0 Å². The molecule has 23 heavy (non-hydrogen) atoms. The van der Waals surface area contributed by atoms with Crippen molar-refractivity contribution >= 4 is 23.6 Å². The lowest BCUT2D eigenvalue weighted by molar-refractivity contribution is -0.138. The highest BCUT2D eigenvalue weighted by Gasteiger charge is 2.14. The van der Waals surface area contributed by atoms with Crippen molar-refractivity contribution in [2.24, 2.45) is 0 Å². The Hall–Kier alpha value is -2.83. The van der Waals surface area contributed by atoms with Crippen LogP contribution in [-0.4, -0.2) is 38.2 Å². The van der Waals surface area contributed by atoms with Gasteiger partial charge in [-0.05, 0) is 38.1 Å². The van der Waals surface area contributed by atoms with Crippen LogP contribution in [0.4, 0.5) is 5.69 Å². The van der Waals surface area contributed by atoms with Crippen LogP contribution in [0.1, 0.15) is 24.2 Å². The first-order chi connectivity index (χ1) is 10.9. The van der Waals surface area contributed by atoms with Gasteiger partial charge < -0.3 is 19.5 Å². The van der Waals surface area contributed by atoms with Crippen molar-refractivity contribution < 1.29 is 28.6 Å². The molecule has 124 valence electrons. The highest BCUT2D eigenvalue weighted by Crippen LogP contribution is 2.14. The van der Waals surface area contributed by atoms with Crippen molar-refractivity contribution in [1.29, 1.82) is 0 Å². The van der Waals surface area contributed by atoms with E-state index in [1.165, 1.54) is 14.2 Å². The van der Waals surface area contributed by atoms with Crippen LogP contribution in [0.2, 0.25) is 0 Å². The predicted octanol–water partition coefficient (Wildman–Crippen LogP) is 1.89. The summed E-state index contributed by atoms with van der Waals surface area (Å²) in [6.07, 6.45) is 0.765. The Labute approximate surface area is 134 Å².